The van der Waals surface area contributed by atoms with E-state index in [4.69, 9.17) is 4.74 Å². The Balaban J connectivity index is 1.65. The molecule has 0 saturated heterocycles. The van der Waals surface area contributed by atoms with Crippen molar-refractivity contribution in [2.45, 2.75) is 6.61 Å². The van der Waals surface area contributed by atoms with E-state index in [0.29, 0.717) is 15.7 Å². The first-order valence-electron chi connectivity index (χ1n) is 8.41. The number of nitrogens with zero attached hydrogens (tertiary/aromatic N) is 1. The van der Waals surface area contributed by atoms with Crippen LogP contribution in [0.2, 0.25) is 0 Å². The van der Waals surface area contributed by atoms with Crippen molar-refractivity contribution >= 4 is 79.9 Å². The minimum atomic E-state index is -0.389. The zero-order valence-electron chi connectivity index (χ0n) is 14.9. The SMILES string of the molecule is O=C(N/N=C/c1cc(I)c(OCc2ccccc2)c(I)c1)c1ccc(I)c(O)c1. The third-order valence-corrected chi connectivity index (χ3v) is 6.35. The van der Waals surface area contributed by atoms with Gasteiger partial charge in [0.15, 0.2) is 0 Å². The number of phenolic OH excluding ortho intramolecular Hbond substituents is 1. The molecule has 0 atom stereocenters. The van der Waals surface area contributed by atoms with Crippen molar-refractivity contribution in [1.82, 2.24) is 5.43 Å². The lowest BCUT2D eigenvalue weighted by molar-refractivity contribution is 0.0954. The molecular weight excluding hydrogens is 709 g/mol. The third-order valence-electron chi connectivity index (χ3n) is 3.83. The topological polar surface area (TPSA) is 70.9 Å². The Hall–Kier alpha value is -1.41. The molecule has 8 heteroatoms. The molecule has 3 rings (SSSR count). The molecule has 1 amide bonds. The molecule has 3 aromatic rings. The van der Waals surface area contributed by atoms with Crippen LogP contribution in [-0.4, -0.2) is 17.2 Å². The zero-order valence-corrected chi connectivity index (χ0v) is 21.4. The summed E-state index contributed by atoms with van der Waals surface area (Å²) in [5, 5.41) is 13.7. The third kappa shape index (κ3) is 6.28. The highest BCUT2D eigenvalue weighted by molar-refractivity contribution is 14.1. The molecule has 0 heterocycles. The van der Waals surface area contributed by atoms with Crippen LogP contribution in [0.1, 0.15) is 21.5 Å². The lowest BCUT2D eigenvalue weighted by Gasteiger charge is -2.11. The number of benzene rings is 3. The Morgan fingerprint density at radius 2 is 1.69 bits per heavy atom. The van der Waals surface area contributed by atoms with Crippen molar-refractivity contribution in [3.05, 3.63) is 88.1 Å². The molecule has 0 aliphatic heterocycles. The van der Waals surface area contributed by atoms with E-state index in [1.807, 2.05) is 65.1 Å². The molecule has 0 radical (unpaired) electrons. The number of carbonyl (C=O) groups excluding carboxylic acids is 1. The van der Waals surface area contributed by atoms with Crippen LogP contribution in [0, 0.1) is 10.7 Å². The van der Waals surface area contributed by atoms with Crippen LogP contribution >= 0.6 is 67.8 Å². The smallest absolute Gasteiger partial charge is 0.271 e. The number of hydrogen-bond donors (Lipinski definition) is 2. The molecule has 5 nitrogen and oxygen atoms in total. The monoisotopic (exact) mass is 724 g/mol. The van der Waals surface area contributed by atoms with Gasteiger partial charge in [0, 0.05) is 5.56 Å². The normalized spacial score (nSPS) is 10.9. The summed E-state index contributed by atoms with van der Waals surface area (Å²) in [6.45, 7) is 0.499. The van der Waals surface area contributed by atoms with Gasteiger partial charge >= 0.3 is 0 Å². The first kappa shape index (κ1) is 22.3. The first-order chi connectivity index (χ1) is 13.9. The second-order valence-electron chi connectivity index (χ2n) is 5.95. The lowest BCUT2D eigenvalue weighted by atomic mass is 10.2. The molecule has 2 N–H and O–H groups in total. The van der Waals surface area contributed by atoms with Crippen LogP contribution < -0.4 is 10.2 Å². The summed E-state index contributed by atoms with van der Waals surface area (Å²) in [5.41, 5.74) is 4.77. The van der Waals surface area contributed by atoms with Crippen LogP contribution in [0.4, 0.5) is 0 Å². The highest BCUT2D eigenvalue weighted by atomic mass is 127. The van der Waals surface area contributed by atoms with Gasteiger partial charge in [0.2, 0.25) is 0 Å². The molecular formula is C21H15I3N2O3. The van der Waals surface area contributed by atoms with Gasteiger partial charge in [0.05, 0.1) is 16.9 Å². The van der Waals surface area contributed by atoms with Crippen molar-refractivity contribution in [3.8, 4) is 11.5 Å². The molecule has 0 spiro atoms. The molecule has 0 saturated carbocycles. The summed E-state index contributed by atoms with van der Waals surface area (Å²) in [6.07, 6.45) is 1.58. The van der Waals surface area contributed by atoms with E-state index in [2.05, 4.69) is 55.7 Å². The fourth-order valence-corrected chi connectivity index (χ4v) is 4.87. The number of ether oxygens (including phenoxy) is 1. The van der Waals surface area contributed by atoms with Gasteiger partial charge in [-0.05, 0) is 109 Å². The lowest BCUT2D eigenvalue weighted by Crippen LogP contribution is -2.17. The number of nitrogens with one attached hydrogen (secondary N) is 1. The fraction of sp³-hybridized carbons (Fsp3) is 0.0476. The Morgan fingerprint density at radius 3 is 2.34 bits per heavy atom. The highest BCUT2D eigenvalue weighted by Crippen LogP contribution is 2.29. The number of hydrazone groups is 1. The van der Waals surface area contributed by atoms with E-state index >= 15 is 0 Å². The number of aromatic hydroxyl groups is 1. The number of rotatable bonds is 6. The van der Waals surface area contributed by atoms with Gasteiger partial charge in [-0.25, -0.2) is 5.43 Å². The summed E-state index contributed by atoms with van der Waals surface area (Å²) in [5.74, 6) is 0.503. The van der Waals surface area contributed by atoms with E-state index in [0.717, 1.165) is 24.0 Å². The van der Waals surface area contributed by atoms with Crippen molar-refractivity contribution in [2.75, 3.05) is 0 Å². The van der Waals surface area contributed by atoms with Crippen LogP contribution in [0.15, 0.2) is 65.8 Å². The summed E-state index contributed by atoms with van der Waals surface area (Å²) in [4.78, 5) is 12.1. The van der Waals surface area contributed by atoms with Crippen molar-refractivity contribution in [3.63, 3.8) is 0 Å². The number of phenols is 1. The van der Waals surface area contributed by atoms with Crippen LogP contribution in [0.25, 0.3) is 0 Å². The molecule has 0 bridgehead atoms. The number of amides is 1. The van der Waals surface area contributed by atoms with Gasteiger partial charge < -0.3 is 9.84 Å². The standard InChI is InChI=1S/C21H15I3N2O3/c22-16-7-6-15(10-19(16)27)21(28)26-25-11-14-8-17(23)20(18(24)9-14)29-12-13-4-2-1-3-5-13/h1-11,27H,12H2,(H,26,28)/b25-11+. The average Bonchev–Trinajstić information content (AvgIpc) is 2.70. The van der Waals surface area contributed by atoms with Crippen molar-refractivity contribution < 1.29 is 14.6 Å². The fourth-order valence-electron chi connectivity index (χ4n) is 2.41. The Labute approximate surface area is 209 Å². The van der Waals surface area contributed by atoms with Crippen LogP contribution in [0.3, 0.4) is 0 Å². The number of halogens is 3. The van der Waals surface area contributed by atoms with Crippen LogP contribution in [0.5, 0.6) is 11.5 Å². The van der Waals surface area contributed by atoms with Crippen LogP contribution in [-0.2, 0) is 6.61 Å². The summed E-state index contributed by atoms with van der Waals surface area (Å²) in [7, 11) is 0. The predicted molar refractivity (Wildman–Crippen MR) is 139 cm³/mol. The van der Waals surface area contributed by atoms with Gasteiger partial charge in [0.1, 0.15) is 18.1 Å². The molecule has 0 aromatic heterocycles. The first-order valence-corrected chi connectivity index (χ1v) is 11.7. The van der Waals surface area contributed by atoms with Gasteiger partial charge in [-0.15, -0.1) is 0 Å². The quantitative estimate of drug-likeness (QED) is 0.199. The maximum Gasteiger partial charge on any atom is 0.271 e. The second-order valence-corrected chi connectivity index (χ2v) is 9.44. The average molecular weight is 724 g/mol. The minimum absolute atomic E-state index is 0.0671. The van der Waals surface area contributed by atoms with Gasteiger partial charge in [-0.1, -0.05) is 30.3 Å². The number of carbonyl (C=O) groups is 1. The molecule has 0 aliphatic carbocycles. The molecule has 3 aromatic carbocycles. The van der Waals surface area contributed by atoms with Gasteiger partial charge in [0.25, 0.3) is 5.91 Å². The molecule has 148 valence electrons. The van der Waals surface area contributed by atoms with E-state index < -0.39 is 0 Å². The Bertz CT molecular complexity index is 1030. The predicted octanol–water partition coefficient (Wildman–Crippen LogP) is 5.55. The maximum absolute atomic E-state index is 12.1. The maximum atomic E-state index is 12.1. The van der Waals surface area contributed by atoms with E-state index in [9.17, 15) is 9.90 Å². The van der Waals surface area contributed by atoms with E-state index in [1.165, 1.54) is 6.07 Å². The van der Waals surface area contributed by atoms with E-state index in [1.54, 1.807) is 18.3 Å². The minimum Gasteiger partial charge on any atom is -0.507 e. The summed E-state index contributed by atoms with van der Waals surface area (Å²) >= 11 is 6.45. The largest absolute Gasteiger partial charge is 0.507 e. The molecule has 0 aliphatic rings. The summed E-state index contributed by atoms with van der Waals surface area (Å²) in [6, 6.07) is 18.6. The second kappa shape index (κ2) is 10.6. The van der Waals surface area contributed by atoms with E-state index in [-0.39, 0.29) is 11.7 Å². The summed E-state index contributed by atoms with van der Waals surface area (Å²) < 4.78 is 8.58. The molecule has 0 unspecified atom stereocenters. The number of hydrogen-bond acceptors (Lipinski definition) is 4. The van der Waals surface area contributed by atoms with Gasteiger partial charge in [-0.3, -0.25) is 4.79 Å². The molecule has 29 heavy (non-hydrogen) atoms. The van der Waals surface area contributed by atoms with Gasteiger partial charge in [-0.2, -0.15) is 5.10 Å². The Kier molecular flexibility index (Phi) is 8.12. The highest BCUT2D eigenvalue weighted by Gasteiger charge is 2.10. The molecule has 0 fully saturated rings. The Morgan fingerprint density at radius 1 is 1.00 bits per heavy atom. The van der Waals surface area contributed by atoms with Crippen molar-refractivity contribution in [1.29, 1.82) is 0 Å². The van der Waals surface area contributed by atoms with Crippen molar-refractivity contribution in [2.24, 2.45) is 5.10 Å². The zero-order chi connectivity index (χ0) is 20.8.